The molecule has 0 fully saturated rings. The second-order valence-corrected chi connectivity index (χ2v) is 5.77. The van der Waals surface area contributed by atoms with E-state index >= 15 is 0 Å². The van der Waals surface area contributed by atoms with E-state index in [9.17, 15) is 17.6 Å². The van der Waals surface area contributed by atoms with Gasteiger partial charge in [-0.25, -0.2) is 15.0 Å². The standard InChI is InChI=1S/C17H10F4N6/c1-8-5-22-7-14(24-8)13-4-12-9(6-23-27-12)15(25-13)11-3-2-10(16(18)26-11)17(19,20)21/h2-7H,1H3,(H,23,27). The Bertz CT molecular complexity index is 1150. The molecule has 4 heterocycles. The summed E-state index contributed by atoms with van der Waals surface area (Å²) in [5, 5.41) is 7.17. The van der Waals surface area contributed by atoms with Gasteiger partial charge in [0, 0.05) is 11.6 Å². The highest BCUT2D eigenvalue weighted by molar-refractivity contribution is 5.93. The Labute approximate surface area is 149 Å². The van der Waals surface area contributed by atoms with Crippen molar-refractivity contribution in [3.05, 3.63) is 54.0 Å². The van der Waals surface area contributed by atoms with Crippen molar-refractivity contribution in [2.24, 2.45) is 0 Å². The first-order valence-electron chi connectivity index (χ1n) is 7.70. The number of hydrogen-bond acceptors (Lipinski definition) is 5. The second kappa shape index (κ2) is 6.08. The third-order valence-corrected chi connectivity index (χ3v) is 3.85. The molecule has 10 heteroatoms. The number of rotatable bonds is 2. The lowest BCUT2D eigenvalue weighted by molar-refractivity contribution is -0.140. The molecule has 0 amide bonds. The summed E-state index contributed by atoms with van der Waals surface area (Å²) in [5.74, 6) is -1.61. The van der Waals surface area contributed by atoms with Gasteiger partial charge in [-0.3, -0.25) is 10.1 Å². The van der Waals surface area contributed by atoms with Gasteiger partial charge in [-0.2, -0.15) is 22.7 Å². The van der Waals surface area contributed by atoms with Crippen LogP contribution in [0.4, 0.5) is 17.6 Å². The fourth-order valence-electron chi connectivity index (χ4n) is 2.64. The number of nitrogens with zero attached hydrogens (tertiary/aromatic N) is 5. The van der Waals surface area contributed by atoms with Gasteiger partial charge in [0.1, 0.15) is 17.0 Å². The van der Waals surface area contributed by atoms with Crippen molar-refractivity contribution in [1.29, 1.82) is 0 Å². The van der Waals surface area contributed by atoms with Crippen molar-refractivity contribution in [3.63, 3.8) is 0 Å². The van der Waals surface area contributed by atoms with E-state index in [0.29, 0.717) is 34.1 Å². The Morgan fingerprint density at radius 3 is 2.44 bits per heavy atom. The zero-order valence-corrected chi connectivity index (χ0v) is 13.7. The molecule has 0 aliphatic carbocycles. The summed E-state index contributed by atoms with van der Waals surface area (Å²) in [5.41, 5.74) is 0.789. The maximum atomic E-state index is 13.9. The number of aromatic nitrogens is 6. The van der Waals surface area contributed by atoms with E-state index in [1.807, 2.05) is 0 Å². The summed E-state index contributed by atoms with van der Waals surface area (Å²) in [6.45, 7) is 1.76. The number of H-pyrrole nitrogens is 1. The predicted octanol–water partition coefficient (Wildman–Crippen LogP) is 3.94. The highest BCUT2D eigenvalue weighted by Gasteiger charge is 2.35. The summed E-state index contributed by atoms with van der Waals surface area (Å²) < 4.78 is 52.3. The van der Waals surface area contributed by atoms with Crippen LogP contribution in [0.5, 0.6) is 0 Å². The van der Waals surface area contributed by atoms with Gasteiger partial charge in [0.05, 0.1) is 35.0 Å². The van der Waals surface area contributed by atoms with Crippen LogP contribution in [0.25, 0.3) is 33.7 Å². The molecule has 4 aromatic rings. The summed E-state index contributed by atoms with van der Waals surface area (Å²) in [6.07, 6.45) is -0.304. The largest absolute Gasteiger partial charge is 0.420 e. The first-order valence-corrected chi connectivity index (χ1v) is 7.70. The second-order valence-electron chi connectivity index (χ2n) is 5.77. The molecule has 6 nitrogen and oxygen atoms in total. The van der Waals surface area contributed by atoms with Crippen LogP contribution in [0.15, 0.2) is 36.8 Å². The molecule has 1 N–H and O–H groups in total. The van der Waals surface area contributed by atoms with E-state index in [1.54, 1.807) is 19.2 Å². The smallest absolute Gasteiger partial charge is 0.278 e. The van der Waals surface area contributed by atoms with Crippen LogP contribution in [0, 0.1) is 12.9 Å². The van der Waals surface area contributed by atoms with E-state index in [2.05, 4.69) is 30.1 Å². The molecule has 0 radical (unpaired) electrons. The van der Waals surface area contributed by atoms with Crippen LogP contribution >= 0.6 is 0 Å². The minimum atomic E-state index is -4.83. The number of nitrogens with one attached hydrogen (secondary N) is 1. The van der Waals surface area contributed by atoms with Gasteiger partial charge in [0.2, 0.25) is 5.95 Å². The topological polar surface area (TPSA) is 80.2 Å². The number of alkyl halides is 3. The van der Waals surface area contributed by atoms with Crippen molar-refractivity contribution in [2.45, 2.75) is 13.1 Å². The molecule has 0 saturated heterocycles. The van der Waals surface area contributed by atoms with Crippen molar-refractivity contribution in [3.8, 4) is 22.8 Å². The summed E-state index contributed by atoms with van der Waals surface area (Å²) in [6, 6.07) is 3.40. The Balaban J connectivity index is 1.91. The van der Waals surface area contributed by atoms with Gasteiger partial charge >= 0.3 is 6.18 Å². The average molecular weight is 374 g/mol. The van der Waals surface area contributed by atoms with Crippen molar-refractivity contribution < 1.29 is 17.6 Å². The molecule has 0 aromatic carbocycles. The van der Waals surface area contributed by atoms with Gasteiger partial charge in [-0.15, -0.1) is 0 Å². The molecule has 0 atom stereocenters. The number of fused-ring (bicyclic) bond motifs is 1. The Hall–Kier alpha value is -3.43. The van der Waals surface area contributed by atoms with Crippen LogP contribution in [-0.2, 0) is 6.18 Å². The molecule has 0 unspecified atom stereocenters. The first kappa shape index (κ1) is 17.0. The predicted molar refractivity (Wildman–Crippen MR) is 87.8 cm³/mol. The van der Waals surface area contributed by atoms with E-state index < -0.39 is 17.7 Å². The highest BCUT2D eigenvalue weighted by atomic mass is 19.4. The third kappa shape index (κ3) is 3.09. The van der Waals surface area contributed by atoms with E-state index in [4.69, 9.17) is 0 Å². The van der Waals surface area contributed by atoms with E-state index in [0.717, 1.165) is 6.07 Å². The summed E-state index contributed by atoms with van der Waals surface area (Å²) in [7, 11) is 0. The van der Waals surface area contributed by atoms with Gasteiger partial charge in [0.25, 0.3) is 0 Å². The quantitative estimate of drug-likeness (QED) is 0.425. The molecule has 4 rings (SSSR count). The lowest BCUT2D eigenvalue weighted by atomic mass is 10.1. The number of halogens is 4. The summed E-state index contributed by atoms with van der Waals surface area (Å²) in [4.78, 5) is 16.3. The minimum Gasteiger partial charge on any atom is -0.278 e. The van der Waals surface area contributed by atoms with Crippen molar-refractivity contribution in [1.82, 2.24) is 30.1 Å². The van der Waals surface area contributed by atoms with Crippen molar-refractivity contribution >= 4 is 10.9 Å². The maximum absolute atomic E-state index is 13.9. The zero-order valence-electron chi connectivity index (χ0n) is 13.7. The first-order chi connectivity index (χ1) is 12.8. The monoisotopic (exact) mass is 374 g/mol. The number of hydrogen-bond donors (Lipinski definition) is 1. The van der Waals surface area contributed by atoms with Crippen LogP contribution < -0.4 is 0 Å². The van der Waals surface area contributed by atoms with Crippen LogP contribution in [0.3, 0.4) is 0 Å². The SMILES string of the molecule is Cc1cncc(-c2cc3[nH]ncc3c(-c3ccc(C(F)(F)F)c(F)n3)n2)n1. The fourth-order valence-corrected chi connectivity index (χ4v) is 2.64. The van der Waals surface area contributed by atoms with Crippen molar-refractivity contribution in [2.75, 3.05) is 0 Å². The van der Waals surface area contributed by atoms with E-state index in [1.165, 1.54) is 12.4 Å². The van der Waals surface area contributed by atoms with Crippen LogP contribution in [0.1, 0.15) is 11.3 Å². The molecule has 0 aliphatic rings. The highest BCUT2D eigenvalue weighted by Crippen LogP contribution is 2.33. The Morgan fingerprint density at radius 1 is 0.926 bits per heavy atom. The van der Waals surface area contributed by atoms with Crippen LogP contribution in [-0.4, -0.2) is 30.1 Å². The normalized spacial score (nSPS) is 11.9. The Morgan fingerprint density at radius 2 is 1.74 bits per heavy atom. The lowest BCUT2D eigenvalue weighted by Crippen LogP contribution is -2.10. The number of aryl methyl sites for hydroxylation is 1. The molecule has 0 bridgehead atoms. The molecule has 4 aromatic heterocycles. The van der Waals surface area contributed by atoms with Gasteiger partial charge in [-0.1, -0.05) is 0 Å². The molecule has 0 spiro atoms. The molecular weight excluding hydrogens is 364 g/mol. The van der Waals surface area contributed by atoms with E-state index in [-0.39, 0.29) is 11.4 Å². The molecular formula is C17H10F4N6. The fraction of sp³-hybridized carbons (Fsp3) is 0.118. The maximum Gasteiger partial charge on any atom is 0.420 e. The molecule has 136 valence electrons. The van der Waals surface area contributed by atoms with Gasteiger partial charge in [-0.05, 0) is 25.1 Å². The number of pyridine rings is 2. The Kier molecular flexibility index (Phi) is 3.83. The minimum absolute atomic E-state index is 0.0469. The molecule has 0 aliphatic heterocycles. The summed E-state index contributed by atoms with van der Waals surface area (Å²) >= 11 is 0. The van der Waals surface area contributed by atoms with Gasteiger partial charge in [0.15, 0.2) is 0 Å². The molecule has 27 heavy (non-hydrogen) atoms. The lowest BCUT2D eigenvalue weighted by Gasteiger charge is -2.10. The van der Waals surface area contributed by atoms with Crippen LogP contribution in [0.2, 0.25) is 0 Å². The number of aromatic amines is 1. The molecule has 0 saturated carbocycles. The average Bonchev–Trinajstić information content (AvgIpc) is 3.08. The third-order valence-electron chi connectivity index (χ3n) is 3.85. The zero-order chi connectivity index (χ0) is 19.2. The van der Waals surface area contributed by atoms with Gasteiger partial charge < -0.3 is 0 Å².